The molecular weight excluding hydrogens is 493 g/mol. The van der Waals surface area contributed by atoms with Gasteiger partial charge in [-0.2, -0.15) is 5.10 Å². The van der Waals surface area contributed by atoms with Crippen LogP contribution < -0.4 is 10.2 Å². The Morgan fingerprint density at radius 2 is 1.82 bits per heavy atom. The molecule has 172 valence electrons. The van der Waals surface area contributed by atoms with Crippen LogP contribution in [-0.2, 0) is 4.79 Å². The van der Waals surface area contributed by atoms with Gasteiger partial charge in [-0.05, 0) is 42.5 Å². The lowest BCUT2D eigenvalue weighted by Gasteiger charge is -2.10. The topological polar surface area (TPSA) is 81.4 Å². The molecule has 10 heteroatoms. The summed E-state index contributed by atoms with van der Waals surface area (Å²) < 4.78 is 7.16. The highest BCUT2D eigenvalue weighted by Crippen LogP contribution is 2.29. The van der Waals surface area contributed by atoms with Gasteiger partial charge in [-0.15, -0.1) is 10.2 Å². The first kappa shape index (κ1) is 23.8. The van der Waals surface area contributed by atoms with Crippen LogP contribution in [0.2, 0.25) is 10.0 Å². The molecule has 0 fully saturated rings. The largest absolute Gasteiger partial charge is 0.497 e. The number of amides is 1. The summed E-state index contributed by atoms with van der Waals surface area (Å²) in [4.78, 5) is 12.4. The van der Waals surface area contributed by atoms with E-state index in [1.54, 1.807) is 25.3 Å². The van der Waals surface area contributed by atoms with E-state index in [9.17, 15) is 4.79 Å². The summed E-state index contributed by atoms with van der Waals surface area (Å²) in [5.74, 6) is 1.20. The van der Waals surface area contributed by atoms with Crippen LogP contribution in [-0.4, -0.2) is 39.7 Å². The number of ether oxygens (including phenoxy) is 1. The highest BCUT2D eigenvalue weighted by atomic mass is 35.5. The Labute approximate surface area is 210 Å². The fourth-order valence-electron chi connectivity index (χ4n) is 3.06. The molecule has 1 amide bonds. The number of hydrogen-bond donors (Lipinski definition) is 1. The molecule has 0 spiro atoms. The Morgan fingerprint density at radius 3 is 2.56 bits per heavy atom. The Kier molecular flexibility index (Phi) is 7.84. The van der Waals surface area contributed by atoms with Crippen molar-refractivity contribution in [1.29, 1.82) is 0 Å². The summed E-state index contributed by atoms with van der Waals surface area (Å²) in [7, 11) is 1.62. The first-order valence-electron chi connectivity index (χ1n) is 10.1. The SMILES string of the molecule is COc1ccc(-c2nnc(SCC(=O)NN=Cc3cccc(Cl)c3Cl)n2-c2ccccc2)cc1. The molecule has 7 nitrogen and oxygen atoms in total. The minimum Gasteiger partial charge on any atom is -0.497 e. The van der Waals surface area contributed by atoms with Crippen molar-refractivity contribution in [3.05, 3.63) is 88.4 Å². The molecule has 0 saturated heterocycles. The standard InChI is InChI=1S/C24H19Cl2N5O2S/c1-33-19-12-10-16(11-13-19)23-29-30-24(31(23)18-7-3-2-4-8-18)34-15-21(32)28-27-14-17-6-5-9-20(25)22(17)26/h2-14H,15H2,1H3,(H,28,32). The monoisotopic (exact) mass is 511 g/mol. The molecule has 34 heavy (non-hydrogen) atoms. The third-order valence-electron chi connectivity index (χ3n) is 4.70. The molecule has 0 aliphatic rings. The van der Waals surface area contributed by atoms with Crippen LogP contribution in [0.1, 0.15) is 5.56 Å². The predicted octanol–water partition coefficient (Wildman–Crippen LogP) is 5.49. The third-order valence-corrected chi connectivity index (χ3v) is 6.47. The Hall–Kier alpha value is -3.33. The lowest BCUT2D eigenvalue weighted by molar-refractivity contribution is -0.118. The number of methoxy groups -OCH3 is 1. The van der Waals surface area contributed by atoms with Crippen LogP contribution in [0.3, 0.4) is 0 Å². The second kappa shape index (κ2) is 11.2. The van der Waals surface area contributed by atoms with Gasteiger partial charge in [0.2, 0.25) is 0 Å². The number of carbonyl (C=O) groups excluding carboxylic acids is 1. The van der Waals surface area contributed by atoms with Crippen molar-refractivity contribution in [2.75, 3.05) is 12.9 Å². The Bertz CT molecular complexity index is 1310. The molecule has 4 aromatic rings. The fraction of sp³-hybridized carbons (Fsp3) is 0.0833. The minimum absolute atomic E-state index is 0.0915. The quantitative estimate of drug-likeness (QED) is 0.192. The second-order valence-corrected chi connectivity index (χ2v) is 8.66. The van der Waals surface area contributed by atoms with Gasteiger partial charge in [-0.3, -0.25) is 9.36 Å². The lowest BCUT2D eigenvalue weighted by atomic mass is 10.2. The number of benzene rings is 3. The maximum absolute atomic E-state index is 12.4. The van der Waals surface area contributed by atoms with E-state index in [1.807, 2.05) is 59.2 Å². The molecule has 1 N–H and O–H groups in total. The normalized spacial score (nSPS) is 11.0. The maximum Gasteiger partial charge on any atom is 0.250 e. The van der Waals surface area contributed by atoms with Gasteiger partial charge in [0, 0.05) is 16.8 Å². The van der Waals surface area contributed by atoms with Crippen molar-refractivity contribution in [2.45, 2.75) is 5.16 Å². The van der Waals surface area contributed by atoms with Crippen LogP contribution in [0.4, 0.5) is 0 Å². The van der Waals surface area contributed by atoms with E-state index in [1.165, 1.54) is 18.0 Å². The number of para-hydroxylation sites is 1. The van der Waals surface area contributed by atoms with E-state index < -0.39 is 0 Å². The highest BCUT2D eigenvalue weighted by molar-refractivity contribution is 7.99. The van der Waals surface area contributed by atoms with Crippen LogP contribution in [0.5, 0.6) is 5.75 Å². The zero-order chi connectivity index (χ0) is 23.9. The number of aromatic nitrogens is 3. The van der Waals surface area contributed by atoms with E-state index in [0.29, 0.717) is 26.6 Å². The molecular formula is C24H19Cl2N5O2S. The first-order valence-corrected chi connectivity index (χ1v) is 11.8. The van der Waals surface area contributed by atoms with Crippen LogP contribution in [0.15, 0.2) is 83.1 Å². The maximum atomic E-state index is 12.4. The fourth-order valence-corrected chi connectivity index (χ4v) is 4.16. The van der Waals surface area contributed by atoms with Crippen molar-refractivity contribution in [1.82, 2.24) is 20.2 Å². The molecule has 1 heterocycles. The predicted molar refractivity (Wildman–Crippen MR) is 136 cm³/mol. The number of halogens is 2. The number of nitrogens with one attached hydrogen (secondary N) is 1. The van der Waals surface area contributed by atoms with Gasteiger partial charge in [-0.1, -0.05) is 65.3 Å². The van der Waals surface area contributed by atoms with Crippen LogP contribution in [0, 0.1) is 0 Å². The summed E-state index contributed by atoms with van der Waals surface area (Å²) in [5, 5.41) is 14.0. The number of hydrogen-bond acceptors (Lipinski definition) is 6. The number of rotatable bonds is 8. The molecule has 0 bridgehead atoms. The second-order valence-electron chi connectivity index (χ2n) is 6.93. The lowest BCUT2D eigenvalue weighted by Crippen LogP contribution is -2.20. The van der Waals surface area contributed by atoms with Gasteiger partial charge in [0.1, 0.15) is 5.75 Å². The molecule has 0 saturated carbocycles. The van der Waals surface area contributed by atoms with Gasteiger partial charge in [-0.25, -0.2) is 5.43 Å². The molecule has 0 atom stereocenters. The van der Waals surface area contributed by atoms with Crippen molar-refractivity contribution >= 4 is 47.1 Å². The average Bonchev–Trinajstić information content (AvgIpc) is 3.30. The molecule has 0 aliphatic carbocycles. The zero-order valence-corrected chi connectivity index (χ0v) is 20.3. The summed E-state index contributed by atoms with van der Waals surface area (Å²) in [6.45, 7) is 0. The number of carbonyl (C=O) groups is 1. The number of thioether (sulfide) groups is 1. The third kappa shape index (κ3) is 5.59. The molecule has 1 aromatic heterocycles. The van der Waals surface area contributed by atoms with E-state index in [2.05, 4.69) is 20.7 Å². The van der Waals surface area contributed by atoms with E-state index >= 15 is 0 Å². The molecule has 0 radical (unpaired) electrons. The van der Waals surface area contributed by atoms with Crippen molar-refractivity contribution in [3.63, 3.8) is 0 Å². The van der Waals surface area contributed by atoms with Crippen LogP contribution >= 0.6 is 35.0 Å². The molecule has 0 aliphatic heterocycles. The summed E-state index contributed by atoms with van der Waals surface area (Å²) >= 11 is 13.4. The van der Waals surface area contributed by atoms with Gasteiger partial charge in [0.15, 0.2) is 11.0 Å². The summed E-state index contributed by atoms with van der Waals surface area (Å²) in [5.41, 5.74) is 4.86. The highest BCUT2D eigenvalue weighted by Gasteiger charge is 2.17. The van der Waals surface area contributed by atoms with Crippen LogP contribution in [0.25, 0.3) is 17.1 Å². The average molecular weight is 512 g/mol. The molecule has 3 aromatic carbocycles. The van der Waals surface area contributed by atoms with Gasteiger partial charge in [0.05, 0.1) is 29.1 Å². The van der Waals surface area contributed by atoms with Gasteiger partial charge >= 0.3 is 0 Å². The van der Waals surface area contributed by atoms with Gasteiger partial charge < -0.3 is 4.74 Å². The van der Waals surface area contributed by atoms with E-state index in [4.69, 9.17) is 27.9 Å². The van der Waals surface area contributed by atoms with Crippen molar-refractivity contribution in [2.24, 2.45) is 5.10 Å². The Balaban J connectivity index is 1.50. The van der Waals surface area contributed by atoms with Crippen molar-refractivity contribution in [3.8, 4) is 22.8 Å². The Morgan fingerprint density at radius 1 is 1.06 bits per heavy atom. The minimum atomic E-state index is -0.298. The van der Waals surface area contributed by atoms with E-state index in [0.717, 1.165) is 17.0 Å². The smallest absolute Gasteiger partial charge is 0.250 e. The van der Waals surface area contributed by atoms with Gasteiger partial charge in [0.25, 0.3) is 5.91 Å². The number of nitrogens with zero attached hydrogens (tertiary/aromatic N) is 4. The van der Waals surface area contributed by atoms with E-state index in [-0.39, 0.29) is 11.7 Å². The van der Waals surface area contributed by atoms with Crippen molar-refractivity contribution < 1.29 is 9.53 Å². The summed E-state index contributed by atoms with van der Waals surface area (Å²) in [6.07, 6.45) is 1.45. The molecule has 0 unspecified atom stereocenters. The number of hydrazone groups is 1. The zero-order valence-electron chi connectivity index (χ0n) is 18.0. The summed E-state index contributed by atoms with van der Waals surface area (Å²) in [6, 6.07) is 22.5. The molecule has 4 rings (SSSR count). The first-order chi connectivity index (χ1) is 16.6.